The summed E-state index contributed by atoms with van der Waals surface area (Å²) in [4.78, 5) is 29.1. The van der Waals surface area contributed by atoms with Crippen LogP contribution in [0.25, 0.3) is 0 Å². The van der Waals surface area contributed by atoms with E-state index in [0.29, 0.717) is 38.5 Å². The van der Waals surface area contributed by atoms with Gasteiger partial charge in [0.05, 0.1) is 31.7 Å². The fourth-order valence-corrected chi connectivity index (χ4v) is 4.58. The number of amides is 2. The number of hydrogen-bond donors (Lipinski definition) is 0. The molecule has 0 aromatic heterocycles. The Labute approximate surface area is 154 Å². The number of carbonyl (C=O) groups is 2. The van der Waals surface area contributed by atoms with Crippen LogP contribution in [0.15, 0.2) is 30.3 Å². The lowest BCUT2D eigenvalue weighted by atomic mass is 10.0. The zero-order valence-corrected chi connectivity index (χ0v) is 15.4. The van der Waals surface area contributed by atoms with Gasteiger partial charge in [-0.05, 0) is 11.5 Å². The second-order valence-corrected chi connectivity index (χ2v) is 7.77. The Kier molecular flexibility index (Phi) is 4.49. The molecule has 26 heavy (non-hydrogen) atoms. The second-order valence-electron chi connectivity index (χ2n) is 7.77. The lowest BCUT2D eigenvalue weighted by molar-refractivity contribution is -0.144. The summed E-state index contributed by atoms with van der Waals surface area (Å²) in [5, 5.41) is 0. The lowest BCUT2D eigenvalue weighted by Crippen LogP contribution is -2.51. The Morgan fingerprint density at radius 3 is 2.85 bits per heavy atom. The van der Waals surface area contributed by atoms with Gasteiger partial charge in [0.1, 0.15) is 6.61 Å². The average Bonchev–Trinajstić information content (AvgIpc) is 3.25. The van der Waals surface area contributed by atoms with Crippen LogP contribution in [-0.4, -0.2) is 59.2 Å². The summed E-state index contributed by atoms with van der Waals surface area (Å²) in [5.74, 6) is 0.388. The maximum Gasteiger partial charge on any atom is 0.249 e. The summed E-state index contributed by atoms with van der Waals surface area (Å²) in [6, 6.07) is 9.72. The molecule has 3 aliphatic rings. The third kappa shape index (κ3) is 2.72. The van der Waals surface area contributed by atoms with Crippen molar-refractivity contribution in [2.75, 3.05) is 19.8 Å². The van der Waals surface area contributed by atoms with Gasteiger partial charge in [-0.15, -0.1) is 0 Å². The van der Waals surface area contributed by atoms with Gasteiger partial charge in [0.25, 0.3) is 0 Å². The average molecular weight is 358 g/mol. The van der Waals surface area contributed by atoms with E-state index in [1.807, 2.05) is 35.2 Å². The highest BCUT2D eigenvalue weighted by Gasteiger charge is 2.65. The minimum atomic E-state index is -0.610. The Hall–Kier alpha value is -1.92. The highest BCUT2D eigenvalue weighted by molar-refractivity contribution is 5.85. The van der Waals surface area contributed by atoms with Crippen LogP contribution >= 0.6 is 0 Å². The monoisotopic (exact) mass is 358 g/mol. The minimum Gasteiger partial charge on any atom is -0.367 e. The fourth-order valence-electron chi connectivity index (χ4n) is 4.58. The summed E-state index contributed by atoms with van der Waals surface area (Å²) in [5.41, 5.74) is 0.431. The first kappa shape index (κ1) is 17.5. The van der Waals surface area contributed by atoms with Gasteiger partial charge in [0, 0.05) is 13.0 Å². The van der Waals surface area contributed by atoms with E-state index in [1.54, 1.807) is 4.90 Å². The molecule has 1 spiro atoms. The molecule has 6 heteroatoms. The van der Waals surface area contributed by atoms with Crippen molar-refractivity contribution in [1.82, 2.24) is 9.80 Å². The third-order valence-electron chi connectivity index (χ3n) is 5.91. The van der Waals surface area contributed by atoms with Gasteiger partial charge in [-0.3, -0.25) is 9.59 Å². The van der Waals surface area contributed by atoms with E-state index in [4.69, 9.17) is 9.47 Å². The van der Waals surface area contributed by atoms with Gasteiger partial charge in [-0.2, -0.15) is 0 Å². The second kappa shape index (κ2) is 6.67. The van der Waals surface area contributed by atoms with Gasteiger partial charge >= 0.3 is 0 Å². The zero-order chi connectivity index (χ0) is 18.3. The lowest BCUT2D eigenvalue weighted by Gasteiger charge is -2.34. The van der Waals surface area contributed by atoms with Crippen molar-refractivity contribution >= 4 is 11.8 Å². The number of likely N-dealkylation sites (tertiary alicyclic amines) is 1. The number of benzene rings is 1. The molecule has 0 unspecified atom stereocenters. The molecule has 1 aromatic rings. The molecule has 0 saturated carbocycles. The quantitative estimate of drug-likeness (QED) is 0.805. The molecule has 3 saturated heterocycles. The van der Waals surface area contributed by atoms with E-state index in [2.05, 4.69) is 13.8 Å². The maximum atomic E-state index is 12.7. The topological polar surface area (TPSA) is 59.1 Å². The molecule has 0 radical (unpaired) electrons. The van der Waals surface area contributed by atoms with Crippen molar-refractivity contribution in [3.63, 3.8) is 0 Å². The maximum absolute atomic E-state index is 12.7. The van der Waals surface area contributed by atoms with E-state index in [0.717, 1.165) is 5.56 Å². The summed E-state index contributed by atoms with van der Waals surface area (Å²) in [6.45, 7) is 5.85. The van der Waals surface area contributed by atoms with Crippen LogP contribution in [0, 0.1) is 5.92 Å². The zero-order valence-electron chi connectivity index (χ0n) is 15.4. The van der Waals surface area contributed by atoms with Gasteiger partial charge in [-0.25, -0.2) is 0 Å². The summed E-state index contributed by atoms with van der Waals surface area (Å²) < 4.78 is 11.8. The number of nitrogens with zero attached hydrogens (tertiary/aromatic N) is 2. The summed E-state index contributed by atoms with van der Waals surface area (Å²) >= 11 is 0. The van der Waals surface area contributed by atoms with Gasteiger partial charge < -0.3 is 19.3 Å². The van der Waals surface area contributed by atoms with Crippen molar-refractivity contribution in [3.05, 3.63) is 35.9 Å². The molecule has 2 amide bonds. The molecule has 3 atom stereocenters. The molecule has 4 rings (SSSR count). The molecule has 3 fully saturated rings. The van der Waals surface area contributed by atoms with Crippen LogP contribution in [0.2, 0.25) is 0 Å². The summed E-state index contributed by atoms with van der Waals surface area (Å²) in [7, 11) is 0. The normalized spacial score (nSPS) is 30.2. The van der Waals surface area contributed by atoms with E-state index < -0.39 is 5.72 Å². The van der Waals surface area contributed by atoms with Crippen LogP contribution in [-0.2, 0) is 25.7 Å². The Bertz CT molecular complexity index is 692. The molecular weight excluding hydrogens is 332 g/mol. The van der Waals surface area contributed by atoms with Crippen LogP contribution < -0.4 is 0 Å². The molecule has 3 aliphatic heterocycles. The fraction of sp³-hybridized carbons (Fsp3) is 0.600. The number of rotatable bonds is 5. The van der Waals surface area contributed by atoms with E-state index in [-0.39, 0.29) is 30.5 Å². The first-order chi connectivity index (χ1) is 12.5. The number of ether oxygens (including phenoxy) is 2. The van der Waals surface area contributed by atoms with Crippen molar-refractivity contribution in [2.24, 2.45) is 5.92 Å². The van der Waals surface area contributed by atoms with Crippen molar-refractivity contribution < 1.29 is 19.1 Å². The number of hydrogen-bond acceptors (Lipinski definition) is 4. The smallest absolute Gasteiger partial charge is 0.249 e. The van der Waals surface area contributed by atoms with Crippen LogP contribution in [0.5, 0.6) is 0 Å². The molecule has 1 aromatic carbocycles. The van der Waals surface area contributed by atoms with Crippen molar-refractivity contribution in [1.29, 1.82) is 0 Å². The molecule has 0 aliphatic carbocycles. The first-order valence-electron chi connectivity index (χ1n) is 9.40. The molecule has 6 nitrogen and oxygen atoms in total. The highest BCUT2D eigenvalue weighted by Crippen LogP contribution is 2.48. The van der Waals surface area contributed by atoms with Crippen LogP contribution in [0.1, 0.15) is 32.3 Å². The Morgan fingerprint density at radius 2 is 2.12 bits per heavy atom. The van der Waals surface area contributed by atoms with Crippen LogP contribution in [0.3, 0.4) is 0 Å². The van der Waals surface area contributed by atoms with Gasteiger partial charge in [0.2, 0.25) is 11.8 Å². The summed E-state index contributed by atoms with van der Waals surface area (Å²) in [6.07, 6.45) is 1.05. The predicted octanol–water partition coefficient (Wildman–Crippen LogP) is 1.79. The van der Waals surface area contributed by atoms with Crippen LogP contribution in [0.4, 0.5) is 0 Å². The minimum absolute atomic E-state index is 0.0310. The number of carbonyl (C=O) groups excluding carboxylic acids is 2. The third-order valence-corrected chi connectivity index (χ3v) is 5.91. The standard InChI is InChI=1S/C20H26N2O4/c1-14(2)16-12-26-20-8-9-21(17(20)10-18(23)22(16)20)19(24)13-25-11-15-6-4-3-5-7-15/h3-7,14,16-17H,8-13H2,1-2H3/t16-,17+,20-/m0/s1. The highest BCUT2D eigenvalue weighted by atomic mass is 16.5. The van der Waals surface area contributed by atoms with E-state index in [9.17, 15) is 9.59 Å². The van der Waals surface area contributed by atoms with Gasteiger partial charge in [-0.1, -0.05) is 44.2 Å². The molecule has 0 bridgehead atoms. The van der Waals surface area contributed by atoms with Crippen molar-refractivity contribution in [3.8, 4) is 0 Å². The van der Waals surface area contributed by atoms with Gasteiger partial charge in [0.15, 0.2) is 5.72 Å². The molecular formula is C20H26N2O4. The largest absolute Gasteiger partial charge is 0.367 e. The van der Waals surface area contributed by atoms with E-state index >= 15 is 0 Å². The molecule has 0 N–H and O–H groups in total. The molecule has 140 valence electrons. The predicted molar refractivity (Wildman–Crippen MR) is 95.0 cm³/mol. The SMILES string of the molecule is CC(C)[C@@H]1CO[C@@]23CCN(C(=O)COCc4ccccc4)[C@@H]2CC(=O)N13. The Morgan fingerprint density at radius 1 is 1.35 bits per heavy atom. The van der Waals surface area contributed by atoms with Crippen molar-refractivity contribution in [2.45, 2.75) is 51.1 Å². The molecule has 3 heterocycles. The Balaban J connectivity index is 1.40. The van der Waals surface area contributed by atoms with E-state index in [1.165, 1.54) is 0 Å². The first-order valence-corrected chi connectivity index (χ1v) is 9.40.